The number of nitrogens with zero attached hydrogens (tertiary/aromatic N) is 3. The summed E-state index contributed by atoms with van der Waals surface area (Å²) in [5.74, 6) is -1.68. The highest BCUT2D eigenvalue weighted by Crippen LogP contribution is 2.25. The van der Waals surface area contributed by atoms with Gasteiger partial charge in [0.15, 0.2) is 0 Å². The van der Waals surface area contributed by atoms with Crippen molar-refractivity contribution in [1.82, 2.24) is 14.5 Å². The molecule has 0 aromatic heterocycles. The van der Waals surface area contributed by atoms with Crippen molar-refractivity contribution in [2.24, 2.45) is 0 Å². The maximum Gasteiger partial charge on any atom is 0.304 e. The quantitative estimate of drug-likeness (QED) is 0.336. The zero-order valence-electron chi connectivity index (χ0n) is 24.4. The van der Waals surface area contributed by atoms with Crippen molar-refractivity contribution in [2.75, 3.05) is 24.9 Å². The van der Waals surface area contributed by atoms with Crippen LogP contribution in [-0.4, -0.2) is 62.2 Å². The molecule has 0 unspecified atom stereocenters. The van der Waals surface area contributed by atoms with E-state index in [4.69, 9.17) is 0 Å². The lowest BCUT2D eigenvalue weighted by atomic mass is 10.0. The number of amides is 2. The van der Waals surface area contributed by atoms with E-state index in [-0.39, 0.29) is 30.6 Å². The molecule has 1 N–H and O–H groups in total. The molecule has 2 amide bonds. The minimum absolute atomic E-state index is 0.0234. The molecule has 1 atom stereocenters. The number of anilines is 1. The van der Waals surface area contributed by atoms with Crippen molar-refractivity contribution in [2.45, 2.75) is 57.7 Å². The standard InChI is InChI=1S/C32H39FN4O4S/c1-24-13-7-8-16-26(24)22-36(30(21-25-14-5-4-6-15-25)32(39)34-27-17-9-10-18-27)31(38)23-37(42(40,41)35(2)3)29-20-12-11-19-28(29)33/h4-8,11-16,19-20,27,30H,9-10,17-18,21-23H2,1-3H3,(H,34,39)/t30-/m1/s1. The van der Waals surface area contributed by atoms with E-state index in [0.29, 0.717) is 0 Å². The van der Waals surface area contributed by atoms with Crippen LogP contribution in [-0.2, 0) is 32.8 Å². The van der Waals surface area contributed by atoms with Crippen molar-refractivity contribution in [3.8, 4) is 0 Å². The summed E-state index contributed by atoms with van der Waals surface area (Å²) in [6.07, 6.45) is 4.03. The molecule has 3 aromatic carbocycles. The van der Waals surface area contributed by atoms with E-state index < -0.39 is 34.5 Å². The van der Waals surface area contributed by atoms with Crippen LogP contribution in [0.1, 0.15) is 42.4 Å². The molecule has 0 bridgehead atoms. The molecule has 42 heavy (non-hydrogen) atoms. The van der Waals surface area contributed by atoms with Gasteiger partial charge in [0.05, 0.1) is 5.69 Å². The minimum atomic E-state index is -4.27. The highest BCUT2D eigenvalue weighted by atomic mass is 32.2. The minimum Gasteiger partial charge on any atom is -0.352 e. The van der Waals surface area contributed by atoms with Gasteiger partial charge in [-0.2, -0.15) is 12.7 Å². The Bertz CT molecular complexity index is 1480. The van der Waals surface area contributed by atoms with Gasteiger partial charge in [0.25, 0.3) is 0 Å². The molecule has 1 aliphatic rings. The van der Waals surface area contributed by atoms with Crippen LogP contribution in [0.15, 0.2) is 78.9 Å². The second-order valence-electron chi connectivity index (χ2n) is 10.9. The molecule has 1 fully saturated rings. The first kappa shape index (κ1) is 31.2. The average Bonchev–Trinajstić information content (AvgIpc) is 3.48. The Morgan fingerprint density at radius 1 is 0.929 bits per heavy atom. The van der Waals surface area contributed by atoms with E-state index in [9.17, 15) is 22.4 Å². The van der Waals surface area contributed by atoms with Gasteiger partial charge in [-0.15, -0.1) is 0 Å². The zero-order chi connectivity index (χ0) is 30.3. The van der Waals surface area contributed by atoms with Crippen LogP contribution in [0.2, 0.25) is 0 Å². The van der Waals surface area contributed by atoms with E-state index in [2.05, 4.69) is 5.32 Å². The molecule has 3 aromatic rings. The maximum atomic E-state index is 15.0. The van der Waals surface area contributed by atoms with Crippen LogP contribution in [0.3, 0.4) is 0 Å². The molecule has 1 saturated carbocycles. The van der Waals surface area contributed by atoms with E-state index in [1.54, 1.807) is 0 Å². The summed E-state index contributed by atoms with van der Waals surface area (Å²) in [7, 11) is -1.62. The number of aryl methyl sites for hydroxylation is 1. The summed E-state index contributed by atoms with van der Waals surface area (Å²) in [5.41, 5.74) is 2.37. The summed E-state index contributed by atoms with van der Waals surface area (Å²) >= 11 is 0. The second kappa shape index (κ2) is 13.9. The number of hydrogen-bond acceptors (Lipinski definition) is 4. The fourth-order valence-corrected chi connectivity index (χ4v) is 6.31. The van der Waals surface area contributed by atoms with Crippen LogP contribution in [0.25, 0.3) is 0 Å². The maximum absolute atomic E-state index is 15.0. The average molecular weight is 595 g/mol. The fraction of sp³-hybridized carbons (Fsp3) is 0.375. The lowest BCUT2D eigenvalue weighted by Crippen LogP contribution is -2.55. The number of carbonyl (C=O) groups is 2. The van der Waals surface area contributed by atoms with Crippen LogP contribution in [0.5, 0.6) is 0 Å². The Morgan fingerprint density at radius 3 is 2.19 bits per heavy atom. The molecule has 0 saturated heterocycles. The van der Waals surface area contributed by atoms with Gasteiger partial charge in [0.2, 0.25) is 11.8 Å². The highest BCUT2D eigenvalue weighted by molar-refractivity contribution is 7.90. The van der Waals surface area contributed by atoms with E-state index in [0.717, 1.165) is 57.1 Å². The molecular formula is C32H39FN4O4S. The molecule has 0 heterocycles. The summed E-state index contributed by atoms with van der Waals surface area (Å²) in [4.78, 5) is 29.7. The molecule has 0 radical (unpaired) electrons. The molecule has 0 spiro atoms. The van der Waals surface area contributed by atoms with Crippen molar-refractivity contribution in [3.63, 3.8) is 0 Å². The van der Waals surface area contributed by atoms with Crippen molar-refractivity contribution in [1.29, 1.82) is 0 Å². The second-order valence-corrected chi connectivity index (χ2v) is 13.0. The van der Waals surface area contributed by atoms with Crippen LogP contribution >= 0.6 is 0 Å². The SMILES string of the molecule is Cc1ccccc1CN(C(=O)CN(c1ccccc1F)S(=O)(=O)N(C)C)[C@H](Cc1ccccc1)C(=O)NC1CCCC1. The van der Waals surface area contributed by atoms with Gasteiger partial charge in [0, 0.05) is 33.1 Å². The number of nitrogens with one attached hydrogen (secondary N) is 1. The first-order chi connectivity index (χ1) is 20.1. The third-order valence-corrected chi connectivity index (χ3v) is 9.52. The lowest BCUT2D eigenvalue weighted by Gasteiger charge is -2.35. The number of benzene rings is 3. The predicted octanol–water partition coefficient (Wildman–Crippen LogP) is 4.45. The molecule has 0 aliphatic heterocycles. The molecular weight excluding hydrogens is 555 g/mol. The fourth-order valence-electron chi connectivity index (χ4n) is 5.25. The third kappa shape index (κ3) is 7.54. The van der Waals surface area contributed by atoms with Crippen LogP contribution in [0.4, 0.5) is 10.1 Å². The summed E-state index contributed by atoms with van der Waals surface area (Å²) in [5, 5.41) is 3.14. The Labute approximate surface area is 248 Å². The van der Waals surface area contributed by atoms with Gasteiger partial charge in [0.1, 0.15) is 18.4 Å². The molecule has 4 rings (SSSR count). The van der Waals surface area contributed by atoms with Gasteiger partial charge in [-0.25, -0.2) is 8.70 Å². The zero-order valence-corrected chi connectivity index (χ0v) is 25.2. The lowest BCUT2D eigenvalue weighted by molar-refractivity contribution is -0.140. The van der Waals surface area contributed by atoms with E-state index in [1.807, 2.05) is 61.5 Å². The molecule has 1 aliphatic carbocycles. The van der Waals surface area contributed by atoms with E-state index >= 15 is 0 Å². The van der Waals surface area contributed by atoms with Gasteiger partial charge in [-0.1, -0.05) is 79.6 Å². The first-order valence-corrected chi connectivity index (χ1v) is 15.6. The predicted molar refractivity (Wildman–Crippen MR) is 162 cm³/mol. The molecule has 8 nitrogen and oxygen atoms in total. The topological polar surface area (TPSA) is 90.0 Å². The van der Waals surface area contributed by atoms with Gasteiger partial charge < -0.3 is 10.2 Å². The smallest absolute Gasteiger partial charge is 0.304 e. The number of halogens is 1. The van der Waals surface area contributed by atoms with Crippen LogP contribution < -0.4 is 9.62 Å². The summed E-state index contributed by atoms with van der Waals surface area (Å²) in [6.45, 7) is 1.31. The highest BCUT2D eigenvalue weighted by Gasteiger charge is 2.36. The normalized spacial score (nSPS) is 14.5. The Balaban J connectivity index is 1.77. The summed E-state index contributed by atoms with van der Waals surface area (Å²) < 4.78 is 43.5. The van der Waals surface area contributed by atoms with Crippen molar-refractivity contribution in [3.05, 3.63) is 101 Å². The number of para-hydroxylation sites is 1. The summed E-state index contributed by atoms with van der Waals surface area (Å²) in [6, 6.07) is 21.5. The van der Waals surface area contributed by atoms with Gasteiger partial charge >= 0.3 is 10.2 Å². The van der Waals surface area contributed by atoms with Crippen LogP contribution in [0, 0.1) is 12.7 Å². The Kier molecular flexibility index (Phi) is 10.3. The molecule has 10 heteroatoms. The molecule has 224 valence electrons. The number of hydrogen-bond donors (Lipinski definition) is 1. The van der Waals surface area contributed by atoms with E-state index in [1.165, 1.54) is 37.2 Å². The van der Waals surface area contributed by atoms with Gasteiger partial charge in [-0.3, -0.25) is 9.59 Å². The van der Waals surface area contributed by atoms with Crippen molar-refractivity contribution >= 4 is 27.7 Å². The first-order valence-electron chi connectivity index (χ1n) is 14.2. The third-order valence-electron chi connectivity index (χ3n) is 7.71. The largest absolute Gasteiger partial charge is 0.352 e. The monoisotopic (exact) mass is 594 g/mol. The Hall–Kier alpha value is -3.76. The van der Waals surface area contributed by atoms with Crippen molar-refractivity contribution < 1.29 is 22.4 Å². The van der Waals surface area contributed by atoms with Gasteiger partial charge in [-0.05, 0) is 48.6 Å². The Morgan fingerprint density at radius 2 is 1.55 bits per heavy atom. The number of carbonyl (C=O) groups excluding carboxylic acids is 2. The number of rotatable bonds is 12.